The number of hydrogen-bond donors (Lipinski definition) is 2. The summed E-state index contributed by atoms with van der Waals surface area (Å²) in [5.74, 6) is 0.157. The Morgan fingerprint density at radius 2 is 1.82 bits per heavy atom. The van der Waals surface area contributed by atoms with Gasteiger partial charge in [-0.3, -0.25) is 14.9 Å². The zero-order valence-corrected chi connectivity index (χ0v) is 19.6. The van der Waals surface area contributed by atoms with E-state index in [0.717, 1.165) is 26.4 Å². The summed E-state index contributed by atoms with van der Waals surface area (Å²) in [6, 6.07) is 3.08. The van der Waals surface area contributed by atoms with Gasteiger partial charge in [0.05, 0.1) is 32.1 Å². The number of hydrogen-bond acceptors (Lipinski definition) is 8. The van der Waals surface area contributed by atoms with Gasteiger partial charge < -0.3 is 29.0 Å². The molecule has 2 amide bonds. The van der Waals surface area contributed by atoms with E-state index in [1.165, 1.54) is 26.4 Å². The number of nitrogens with one attached hydrogen (secondary N) is 1. The third-order valence-corrected chi connectivity index (χ3v) is 4.76. The van der Waals surface area contributed by atoms with Crippen molar-refractivity contribution < 1.29 is 38.4 Å². The molecule has 0 aromatic heterocycles. The number of ether oxygens (including phenoxy) is 4. The maximum atomic E-state index is 13.1. The molecule has 184 valence electrons. The molecular weight excluding hydrogens is 432 g/mol. The van der Waals surface area contributed by atoms with Crippen molar-refractivity contribution in [2.45, 2.75) is 32.1 Å². The van der Waals surface area contributed by atoms with Gasteiger partial charge in [-0.05, 0) is 31.7 Å². The first-order valence-corrected chi connectivity index (χ1v) is 10.7. The summed E-state index contributed by atoms with van der Waals surface area (Å²) in [7, 11) is 3.80. The number of esters is 1. The minimum absolute atomic E-state index is 0.0360. The third-order valence-electron chi connectivity index (χ3n) is 4.76. The van der Waals surface area contributed by atoms with Crippen molar-refractivity contribution in [1.29, 1.82) is 0 Å². The topological polar surface area (TPSA) is 124 Å². The maximum Gasteiger partial charge on any atom is 0.411 e. The minimum atomic E-state index is -0.714. The highest BCUT2D eigenvalue weighted by atomic mass is 16.5. The number of likely N-dealkylation sites (tertiary alicyclic amines) is 1. The quantitative estimate of drug-likeness (QED) is 0.306. The van der Waals surface area contributed by atoms with Gasteiger partial charge in [0.2, 0.25) is 0 Å². The van der Waals surface area contributed by atoms with Crippen molar-refractivity contribution in [3.8, 4) is 11.5 Å². The van der Waals surface area contributed by atoms with Gasteiger partial charge in [-0.1, -0.05) is 12.7 Å². The van der Waals surface area contributed by atoms with E-state index < -0.39 is 6.09 Å². The fourth-order valence-electron chi connectivity index (χ4n) is 3.16. The van der Waals surface area contributed by atoms with E-state index in [1.807, 2.05) is 0 Å². The molecule has 1 aliphatic rings. The second-order valence-corrected chi connectivity index (χ2v) is 6.94. The Hall–Kier alpha value is -3.27. The van der Waals surface area contributed by atoms with Gasteiger partial charge in [0.25, 0.3) is 5.91 Å². The van der Waals surface area contributed by atoms with Crippen LogP contribution in [0.3, 0.4) is 0 Å². The monoisotopic (exact) mass is 466 g/mol. The fourth-order valence-corrected chi connectivity index (χ4v) is 3.16. The van der Waals surface area contributed by atoms with Crippen molar-refractivity contribution in [2.75, 3.05) is 52.9 Å². The number of benzene rings is 1. The summed E-state index contributed by atoms with van der Waals surface area (Å²) in [5, 5.41) is 9.61. The number of piperidine rings is 1. The van der Waals surface area contributed by atoms with Crippen LogP contribution in [0.2, 0.25) is 0 Å². The molecule has 0 radical (unpaired) electrons. The standard InChI is InChI=1S/C22H30N2O7.CH4O/c1-4-12-31-22(27)23-17-15-19(30-13-8-9-20(25)29-3)18(28-2)14-16(17)21(26)24-10-6-5-7-11-24;1-2/h4,14-15H,1,5-13H2,2-3H3,(H,23,27);2H,1H3. The number of nitrogens with zero attached hydrogens (tertiary/aromatic N) is 1. The Bertz CT molecular complexity index is 791. The molecule has 10 nitrogen and oxygen atoms in total. The number of carbonyl (C=O) groups excluding carboxylic acids is 3. The number of carbonyl (C=O) groups is 3. The van der Waals surface area contributed by atoms with Crippen LogP contribution in [0.1, 0.15) is 42.5 Å². The number of rotatable bonds is 10. The predicted octanol–water partition coefficient (Wildman–Crippen LogP) is 3.00. The number of aliphatic hydroxyl groups excluding tert-OH is 1. The van der Waals surface area contributed by atoms with Crippen LogP contribution in [-0.4, -0.2) is 75.6 Å². The van der Waals surface area contributed by atoms with Crippen LogP contribution in [-0.2, 0) is 14.3 Å². The molecule has 10 heteroatoms. The van der Waals surface area contributed by atoms with Crippen LogP contribution in [0.5, 0.6) is 11.5 Å². The molecule has 2 N–H and O–H groups in total. The van der Waals surface area contributed by atoms with Crippen molar-refractivity contribution in [3.63, 3.8) is 0 Å². The number of methoxy groups -OCH3 is 2. The number of amides is 2. The first-order chi connectivity index (χ1) is 16.0. The average molecular weight is 467 g/mol. The highest BCUT2D eigenvalue weighted by Crippen LogP contribution is 2.35. The number of anilines is 1. The van der Waals surface area contributed by atoms with Crippen LogP contribution in [0, 0.1) is 0 Å². The Balaban J connectivity index is 0.00000265. The van der Waals surface area contributed by atoms with Crippen molar-refractivity contribution >= 4 is 23.7 Å². The Morgan fingerprint density at radius 1 is 1.12 bits per heavy atom. The van der Waals surface area contributed by atoms with E-state index in [-0.39, 0.29) is 42.8 Å². The lowest BCUT2D eigenvalue weighted by Gasteiger charge is -2.28. The van der Waals surface area contributed by atoms with Gasteiger partial charge >= 0.3 is 12.1 Å². The summed E-state index contributed by atoms with van der Waals surface area (Å²) >= 11 is 0. The first-order valence-electron chi connectivity index (χ1n) is 10.7. The molecule has 1 aromatic carbocycles. The highest BCUT2D eigenvalue weighted by Gasteiger charge is 2.24. The zero-order valence-electron chi connectivity index (χ0n) is 19.6. The Labute approximate surface area is 194 Å². The molecule has 1 aromatic rings. The van der Waals surface area contributed by atoms with Gasteiger partial charge in [-0.15, -0.1) is 0 Å². The summed E-state index contributed by atoms with van der Waals surface area (Å²) < 4.78 is 20.7. The fraction of sp³-hybridized carbons (Fsp3) is 0.522. The molecule has 1 saturated heterocycles. The van der Waals surface area contributed by atoms with E-state index in [2.05, 4.69) is 16.6 Å². The molecule has 0 bridgehead atoms. The Kier molecular flexibility index (Phi) is 13.1. The molecule has 1 fully saturated rings. The molecule has 0 atom stereocenters. The van der Waals surface area contributed by atoms with E-state index in [9.17, 15) is 14.4 Å². The molecule has 2 rings (SSSR count). The Morgan fingerprint density at radius 3 is 2.42 bits per heavy atom. The molecule has 1 aliphatic heterocycles. The lowest BCUT2D eigenvalue weighted by Crippen LogP contribution is -2.36. The predicted molar refractivity (Wildman–Crippen MR) is 123 cm³/mol. The van der Waals surface area contributed by atoms with Crippen molar-refractivity contribution in [3.05, 3.63) is 30.4 Å². The lowest BCUT2D eigenvalue weighted by molar-refractivity contribution is -0.140. The molecule has 1 heterocycles. The molecule has 0 spiro atoms. The maximum absolute atomic E-state index is 13.1. The van der Waals surface area contributed by atoms with Crippen LogP contribution >= 0.6 is 0 Å². The summed E-state index contributed by atoms with van der Waals surface area (Å²) in [6.07, 6.45) is 4.35. The SMILES string of the molecule is C=CCOC(=O)Nc1cc(OCCCC(=O)OC)c(OC)cc1C(=O)N1CCCCC1.CO. The zero-order chi connectivity index (χ0) is 24.6. The van der Waals surface area contributed by atoms with Gasteiger partial charge in [0, 0.05) is 32.7 Å². The normalized spacial score (nSPS) is 12.5. The molecule has 0 unspecified atom stereocenters. The minimum Gasteiger partial charge on any atom is -0.493 e. The third kappa shape index (κ3) is 9.01. The van der Waals surface area contributed by atoms with Crippen LogP contribution in [0.25, 0.3) is 0 Å². The van der Waals surface area contributed by atoms with E-state index in [1.54, 1.807) is 11.0 Å². The van der Waals surface area contributed by atoms with E-state index in [0.29, 0.717) is 31.0 Å². The molecule has 0 aliphatic carbocycles. The second-order valence-electron chi connectivity index (χ2n) is 6.94. The van der Waals surface area contributed by atoms with Gasteiger partial charge in [0.15, 0.2) is 11.5 Å². The van der Waals surface area contributed by atoms with Gasteiger partial charge in [-0.25, -0.2) is 4.79 Å². The van der Waals surface area contributed by atoms with Crippen LogP contribution in [0.4, 0.5) is 10.5 Å². The summed E-state index contributed by atoms with van der Waals surface area (Å²) in [6.45, 7) is 5.09. The molecular formula is C23H34N2O8. The van der Waals surface area contributed by atoms with Crippen molar-refractivity contribution in [2.24, 2.45) is 0 Å². The van der Waals surface area contributed by atoms with Gasteiger partial charge in [-0.2, -0.15) is 0 Å². The summed E-state index contributed by atoms with van der Waals surface area (Å²) in [5.41, 5.74) is 0.546. The van der Waals surface area contributed by atoms with Crippen LogP contribution < -0.4 is 14.8 Å². The van der Waals surface area contributed by atoms with Crippen LogP contribution in [0.15, 0.2) is 24.8 Å². The van der Waals surface area contributed by atoms with E-state index >= 15 is 0 Å². The molecule has 0 saturated carbocycles. The smallest absolute Gasteiger partial charge is 0.411 e. The van der Waals surface area contributed by atoms with Crippen molar-refractivity contribution in [1.82, 2.24) is 4.90 Å². The summed E-state index contributed by atoms with van der Waals surface area (Å²) in [4.78, 5) is 38.3. The lowest BCUT2D eigenvalue weighted by atomic mass is 10.1. The van der Waals surface area contributed by atoms with E-state index in [4.69, 9.17) is 19.3 Å². The highest BCUT2D eigenvalue weighted by molar-refractivity contribution is 6.03. The largest absolute Gasteiger partial charge is 0.493 e. The number of aliphatic hydroxyl groups is 1. The average Bonchev–Trinajstić information content (AvgIpc) is 2.86. The molecule has 33 heavy (non-hydrogen) atoms. The first kappa shape index (κ1) is 27.8. The van der Waals surface area contributed by atoms with Gasteiger partial charge in [0.1, 0.15) is 6.61 Å². The second kappa shape index (κ2) is 15.5.